The third-order valence-electron chi connectivity index (χ3n) is 4.89. The van der Waals surface area contributed by atoms with Gasteiger partial charge >= 0.3 is 6.03 Å². The van der Waals surface area contributed by atoms with Crippen LogP contribution in [0.15, 0.2) is 18.2 Å². The number of amides is 4. The van der Waals surface area contributed by atoms with Crippen LogP contribution >= 0.6 is 0 Å². The van der Waals surface area contributed by atoms with Gasteiger partial charge in [-0.1, -0.05) is 6.07 Å². The van der Waals surface area contributed by atoms with Gasteiger partial charge in [0.2, 0.25) is 5.91 Å². The van der Waals surface area contributed by atoms with Crippen LogP contribution in [-0.4, -0.2) is 74.7 Å². The van der Waals surface area contributed by atoms with Crippen LogP contribution in [-0.2, 0) is 19.9 Å². The number of imide groups is 1. The summed E-state index contributed by atoms with van der Waals surface area (Å²) in [6, 6.07) is 4.40. The minimum Gasteiger partial charge on any atom is -0.493 e. The standard InChI is InChI=1S/C18H23N3O6/c1-18(12-4-5-13(25-2)14(10-12)26-3)16(23)21(17(24)19-18)11-15(22)20-6-8-27-9-7-20/h4-5,10H,6-9,11H2,1-3H3,(H,19,24)/t18-/m1/s1. The zero-order valence-electron chi connectivity index (χ0n) is 15.6. The molecule has 0 aromatic heterocycles. The number of carbonyl (C=O) groups excluding carboxylic acids is 3. The summed E-state index contributed by atoms with van der Waals surface area (Å²) in [5.41, 5.74) is -0.748. The molecule has 0 aliphatic carbocycles. The Morgan fingerprint density at radius 3 is 2.48 bits per heavy atom. The highest BCUT2D eigenvalue weighted by molar-refractivity contribution is 6.09. The topological polar surface area (TPSA) is 97.4 Å². The van der Waals surface area contributed by atoms with E-state index in [1.165, 1.54) is 14.2 Å². The number of rotatable bonds is 5. The fraction of sp³-hybridized carbons (Fsp3) is 0.500. The van der Waals surface area contributed by atoms with Gasteiger partial charge in [-0.15, -0.1) is 0 Å². The van der Waals surface area contributed by atoms with E-state index in [4.69, 9.17) is 14.2 Å². The third kappa shape index (κ3) is 3.42. The van der Waals surface area contributed by atoms with Crippen LogP contribution in [0.5, 0.6) is 11.5 Å². The molecule has 1 aromatic carbocycles. The molecule has 2 aliphatic heterocycles. The molecule has 0 unspecified atom stereocenters. The fourth-order valence-corrected chi connectivity index (χ4v) is 3.23. The lowest BCUT2D eigenvalue weighted by molar-refractivity contribution is -0.141. The lowest BCUT2D eigenvalue weighted by atomic mass is 9.91. The molecule has 3 rings (SSSR count). The molecule has 2 heterocycles. The predicted molar refractivity (Wildman–Crippen MR) is 94.5 cm³/mol. The Hall–Kier alpha value is -2.81. The molecular weight excluding hydrogens is 354 g/mol. The summed E-state index contributed by atoms with van der Waals surface area (Å²) in [6.45, 7) is 3.12. The minimum atomic E-state index is -1.29. The average Bonchev–Trinajstić information content (AvgIpc) is 2.92. The molecule has 1 atom stereocenters. The van der Waals surface area contributed by atoms with Crippen molar-refractivity contribution >= 4 is 17.8 Å². The van der Waals surface area contributed by atoms with Crippen molar-refractivity contribution in [3.63, 3.8) is 0 Å². The summed E-state index contributed by atoms with van der Waals surface area (Å²) >= 11 is 0. The lowest BCUT2D eigenvalue weighted by Gasteiger charge is -2.28. The summed E-state index contributed by atoms with van der Waals surface area (Å²) in [5.74, 6) is 0.196. The van der Waals surface area contributed by atoms with Crippen LogP contribution in [0.3, 0.4) is 0 Å². The maximum Gasteiger partial charge on any atom is 0.325 e. The zero-order chi connectivity index (χ0) is 19.6. The second-order valence-electron chi connectivity index (χ2n) is 6.51. The van der Waals surface area contributed by atoms with Gasteiger partial charge in [0, 0.05) is 13.1 Å². The number of morpholine rings is 1. The van der Waals surface area contributed by atoms with E-state index in [-0.39, 0.29) is 12.5 Å². The summed E-state index contributed by atoms with van der Waals surface area (Å²) in [4.78, 5) is 40.4. The smallest absolute Gasteiger partial charge is 0.325 e. The second-order valence-corrected chi connectivity index (χ2v) is 6.51. The number of benzene rings is 1. The molecule has 0 spiro atoms. The van der Waals surface area contributed by atoms with Crippen molar-refractivity contribution in [3.8, 4) is 11.5 Å². The molecule has 2 saturated heterocycles. The van der Waals surface area contributed by atoms with E-state index in [9.17, 15) is 14.4 Å². The van der Waals surface area contributed by atoms with Gasteiger partial charge in [0.05, 0.1) is 27.4 Å². The highest BCUT2D eigenvalue weighted by Crippen LogP contribution is 2.35. The number of methoxy groups -OCH3 is 2. The van der Waals surface area contributed by atoms with Crippen LogP contribution in [0.1, 0.15) is 12.5 Å². The first-order valence-electron chi connectivity index (χ1n) is 8.63. The molecule has 146 valence electrons. The number of nitrogens with zero attached hydrogens (tertiary/aromatic N) is 2. The van der Waals surface area contributed by atoms with Gasteiger partial charge in [-0.25, -0.2) is 4.79 Å². The van der Waals surface area contributed by atoms with Gasteiger partial charge in [0.25, 0.3) is 5.91 Å². The van der Waals surface area contributed by atoms with Gasteiger partial charge in [-0.05, 0) is 24.6 Å². The first kappa shape index (κ1) is 19.0. The SMILES string of the molecule is COc1ccc([C@@]2(C)NC(=O)N(CC(=O)N3CCOCC3)C2=O)cc1OC. The molecule has 2 aliphatic rings. The maximum atomic E-state index is 13.0. The van der Waals surface area contributed by atoms with Crippen molar-refractivity contribution in [2.75, 3.05) is 47.1 Å². The Labute approximate surface area is 157 Å². The molecule has 2 fully saturated rings. The van der Waals surface area contributed by atoms with Crippen molar-refractivity contribution in [3.05, 3.63) is 23.8 Å². The van der Waals surface area contributed by atoms with Crippen LogP contribution < -0.4 is 14.8 Å². The Kier molecular flexibility index (Phi) is 5.22. The van der Waals surface area contributed by atoms with Crippen molar-refractivity contribution < 1.29 is 28.6 Å². The monoisotopic (exact) mass is 377 g/mol. The largest absolute Gasteiger partial charge is 0.493 e. The molecule has 1 N–H and O–H groups in total. The lowest BCUT2D eigenvalue weighted by Crippen LogP contribution is -2.47. The van der Waals surface area contributed by atoms with Gasteiger partial charge in [-0.2, -0.15) is 0 Å². The molecule has 0 bridgehead atoms. The van der Waals surface area contributed by atoms with Crippen molar-refractivity contribution in [2.45, 2.75) is 12.5 Å². The number of hydrogen-bond acceptors (Lipinski definition) is 6. The van der Waals surface area contributed by atoms with Gasteiger partial charge in [-0.3, -0.25) is 14.5 Å². The normalized spacial score (nSPS) is 22.6. The van der Waals surface area contributed by atoms with E-state index in [1.807, 2.05) is 0 Å². The van der Waals surface area contributed by atoms with E-state index in [0.717, 1.165) is 4.90 Å². The van der Waals surface area contributed by atoms with E-state index in [1.54, 1.807) is 30.0 Å². The van der Waals surface area contributed by atoms with E-state index >= 15 is 0 Å². The number of nitrogens with one attached hydrogen (secondary N) is 1. The molecule has 9 heteroatoms. The van der Waals surface area contributed by atoms with Crippen molar-refractivity contribution in [1.29, 1.82) is 0 Å². The number of urea groups is 1. The fourth-order valence-electron chi connectivity index (χ4n) is 3.23. The van der Waals surface area contributed by atoms with Gasteiger partial charge in [0.1, 0.15) is 12.1 Å². The summed E-state index contributed by atoms with van der Waals surface area (Å²) in [5, 5.41) is 2.69. The summed E-state index contributed by atoms with van der Waals surface area (Å²) in [6.07, 6.45) is 0. The highest BCUT2D eigenvalue weighted by atomic mass is 16.5. The summed E-state index contributed by atoms with van der Waals surface area (Å²) in [7, 11) is 3.01. The van der Waals surface area contributed by atoms with Crippen LogP contribution in [0.4, 0.5) is 4.79 Å². The van der Waals surface area contributed by atoms with Crippen LogP contribution in [0, 0.1) is 0 Å². The molecule has 1 aromatic rings. The third-order valence-corrected chi connectivity index (χ3v) is 4.89. The average molecular weight is 377 g/mol. The molecule has 0 saturated carbocycles. The van der Waals surface area contributed by atoms with E-state index in [2.05, 4.69) is 5.32 Å². The Balaban J connectivity index is 1.81. The zero-order valence-corrected chi connectivity index (χ0v) is 15.6. The highest BCUT2D eigenvalue weighted by Gasteiger charge is 2.50. The van der Waals surface area contributed by atoms with E-state index in [0.29, 0.717) is 43.4 Å². The number of ether oxygens (including phenoxy) is 3. The Morgan fingerprint density at radius 1 is 1.19 bits per heavy atom. The van der Waals surface area contributed by atoms with Gasteiger partial charge in [0.15, 0.2) is 11.5 Å². The van der Waals surface area contributed by atoms with Crippen molar-refractivity contribution in [1.82, 2.24) is 15.1 Å². The second kappa shape index (κ2) is 7.43. The quantitative estimate of drug-likeness (QED) is 0.743. The van der Waals surface area contributed by atoms with Gasteiger partial charge < -0.3 is 24.4 Å². The molecule has 9 nitrogen and oxygen atoms in total. The number of carbonyl (C=O) groups is 3. The maximum absolute atomic E-state index is 13.0. The summed E-state index contributed by atoms with van der Waals surface area (Å²) < 4.78 is 15.7. The minimum absolute atomic E-state index is 0.279. The first-order valence-corrected chi connectivity index (χ1v) is 8.63. The molecule has 4 amide bonds. The molecule has 0 radical (unpaired) electrons. The molecule has 27 heavy (non-hydrogen) atoms. The number of hydrogen-bond donors (Lipinski definition) is 1. The Bertz CT molecular complexity index is 761. The Morgan fingerprint density at radius 2 is 1.85 bits per heavy atom. The predicted octanol–water partition coefficient (Wildman–Crippen LogP) is 0.330. The van der Waals surface area contributed by atoms with Crippen molar-refractivity contribution in [2.24, 2.45) is 0 Å². The van der Waals surface area contributed by atoms with Crippen LogP contribution in [0.25, 0.3) is 0 Å². The van der Waals surface area contributed by atoms with Crippen LogP contribution in [0.2, 0.25) is 0 Å². The molecular formula is C18H23N3O6. The van der Waals surface area contributed by atoms with E-state index < -0.39 is 17.5 Å². The first-order chi connectivity index (χ1) is 12.9.